The van der Waals surface area contributed by atoms with Gasteiger partial charge in [-0.3, -0.25) is 0 Å². The maximum Gasteiger partial charge on any atom is 0.331 e. The molecule has 128 valence electrons. The number of methoxy groups -OCH3 is 1. The Morgan fingerprint density at radius 3 is 2.84 bits per heavy atom. The number of ether oxygens (including phenoxy) is 3. The van der Waals surface area contributed by atoms with E-state index >= 15 is 0 Å². The molecule has 0 aliphatic heterocycles. The van der Waals surface area contributed by atoms with Crippen LogP contribution in [0.5, 0.6) is 11.5 Å². The fraction of sp³-hybridized carbons (Fsp3) is 0.167. The van der Waals surface area contributed by atoms with Crippen LogP contribution in [0.1, 0.15) is 11.1 Å². The average molecular weight is 359 g/mol. The summed E-state index contributed by atoms with van der Waals surface area (Å²) in [5.74, 6) is 0.441. The van der Waals surface area contributed by atoms with E-state index in [1.54, 1.807) is 42.6 Å². The quantitative estimate of drug-likeness (QED) is 0.428. The zero-order chi connectivity index (χ0) is 18.1. The summed E-state index contributed by atoms with van der Waals surface area (Å²) in [5, 5.41) is 8.93. The van der Waals surface area contributed by atoms with Gasteiger partial charge in [0.15, 0.2) is 18.1 Å². The van der Waals surface area contributed by atoms with Gasteiger partial charge in [0.2, 0.25) is 0 Å². The lowest BCUT2D eigenvalue weighted by Crippen LogP contribution is -2.01. The second-order valence-electron chi connectivity index (χ2n) is 4.79. The van der Waals surface area contributed by atoms with Crippen LogP contribution in [-0.2, 0) is 16.1 Å². The van der Waals surface area contributed by atoms with Crippen LogP contribution >= 0.6 is 11.6 Å². The molecule has 0 aliphatic rings. The summed E-state index contributed by atoms with van der Waals surface area (Å²) in [6.07, 6.45) is 4.46. The number of nitriles is 1. The van der Waals surface area contributed by atoms with Gasteiger partial charge in [0.25, 0.3) is 0 Å². The van der Waals surface area contributed by atoms with E-state index in [0.717, 1.165) is 11.1 Å². The molecule has 0 amide bonds. The van der Waals surface area contributed by atoms with E-state index < -0.39 is 5.97 Å². The van der Waals surface area contributed by atoms with Crippen LogP contribution in [0.3, 0.4) is 0 Å². The van der Waals surface area contributed by atoms with Gasteiger partial charge in [0.05, 0.1) is 7.11 Å². The van der Waals surface area contributed by atoms with Crippen molar-refractivity contribution in [3.8, 4) is 17.6 Å². The van der Waals surface area contributed by atoms with Gasteiger partial charge in [0.1, 0.15) is 17.8 Å². The third-order valence-electron chi connectivity index (χ3n) is 3.06. The molecule has 0 N–H and O–H groups in total. The Hall–Kier alpha value is -3.04. The molecule has 0 aliphatic carbocycles. The number of pyridine rings is 1. The number of esters is 1. The number of carbonyl (C=O) groups excluding carboxylic acids is 1. The van der Waals surface area contributed by atoms with Crippen molar-refractivity contribution in [1.29, 1.82) is 5.26 Å². The molecule has 1 heterocycles. The minimum Gasteiger partial charge on any atom is -0.493 e. The van der Waals surface area contributed by atoms with Crippen molar-refractivity contribution in [3.63, 3.8) is 0 Å². The monoisotopic (exact) mass is 358 g/mol. The van der Waals surface area contributed by atoms with Crippen molar-refractivity contribution < 1.29 is 19.0 Å². The van der Waals surface area contributed by atoms with Gasteiger partial charge in [0, 0.05) is 17.8 Å². The van der Waals surface area contributed by atoms with Gasteiger partial charge in [-0.05, 0) is 29.8 Å². The molecule has 25 heavy (non-hydrogen) atoms. The zero-order valence-corrected chi connectivity index (χ0v) is 14.2. The van der Waals surface area contributed by atoms with Gasteiger partial charge in [-0.2, -0.15) is 5.26 Å². The number of benzene rings is 1. The zero-order valence-electron chi connectivity index (χ0n) is 13.4. The molecule has 0 spiro atoms. The molecule has 0 saturated heterocycles. The first-order valence-corrected chi connectivity index (χ1v) is 7.63. The Bertz CT molecular complexity index is 798. The van der Waals surface area contributed by atoms with E-state index in [1.807, 2.05) is 6.07 Å². The fourth-order valence-electron chi connectivity index (χ4n) is 1.88. The van der Waals surface area contributed by atoms with Gasteiger partial charge in [-0.25, -0.2) is 9.78 Å². The van der Waals surface area contributed by atoms with E-state index in [0.29, 0.717) is 16.7 Å². The molecule has 0 saturated carbocycles. The van der Waals surface area contributed by atoms with Crippen molar-refractivity contribution in [2.75, 3.05) is 13.7 Å². The van der Waals surface area contributed by atoms with E-state index in [4.69, 9.17) is 31.1 Å². The highest BCUT2D eigenvalue weighted by Crippen LogP contribution is 2.28. The van der Waals surface area contributed by atoms with Gasteiger partial charge in [-0.15, -0.1) is 0 Å². The van der Waals surface area contributed by atoms with Gasteiger partial charge < -0.3 is 14.2 Å². The summed E-state index contributed by atoms with van der Waals surface area (Å²) in [5.41, 5.74) is 1.47. The number of nitrogens with zero attached hydrogens (tertiary/aromatic N) is 2. The van der Waals surface area contributed by atoms with E-state index in [-0.39, 0.29) is 13.2 Å². The van der Waals surface area contributed by atoms with E-state index in [9.17, 15) is 4.79 Å². The molecular weight excluding hydrogens is 344 g/mol. The third kappa shape index (κ3) is 5.83. The van der Waals surface area contributed by atoms with E-state index in [2.05, 4.69) is 4.98 Å². The lowest BCUT2D eigenvalue weighted by atomic mass is 10.2. The number of halogens is 1. The lowest BCUT2D eigenvalue weighted by Gasteiger charge is -2.08. The summed E-state index contributed by atoms with van der Waals surface area (Å²) in [7, 11) is 1.50. The number of rotatable bonds is 7. The summed E-state index contributed by atoms with van der Waals surface area (Å²) < 4.78 is 15.6. The van der Waals surface area contributed by atoms with Crippen molar-refractivity contribution in [1.82, 2.24) is 4.98 Å². The SMILES string of the molecule is COc1cc(/C=C/C(=O)OCc2ccc(Cl)nc2)ccc1OCC#N. The van der Waals surface area contributed by atoms with Gasteiger partial charge >= 0.3 is 5.97 Å². The molecule has 2 rings (SSSR count). The Morgan fingerprint density at radius 2 is 2.16 bits per heavy atom. The molecule has 0 fully saturated rings. The Labute approximate surface area is 150 Å². The van der Waals surface area contributed by atoms with Gasteiger partial charge in [-0.1, -0.05) is 23.7 Å². The van der Waals surface area contributed by atoms with Crippen LogP contribution in [0.15, 0.2) is 42.6 Å². The summed E-state index contributed by atoms with van der Waals surface area (Å²) in [6, 6.07) is 10.3. The van der Waals surface area contributed by atoms with Crippen LogP contribution in [-0.4, -0.2) is 24.7 Å². The average Bonchev–Trinajstić information content (AvgIpc) is 2.64. The van der Waals surface area contributed by atoms with Crippen molar-refractivity contribution >= 4 is 23.6 Å². The maximum absolute atomic E-state index is 11.8. The number of hydrogen-bond donors (Lipinski definition) is 0. The Balaban J connectivity index is 1.94. The first-order chi connectivity index (χ1) is 12.1. The summed E-state index contributed by atoms with van der Waals surface area (Å²) in [4.78, 5) is 15.7. The second-order valence-corrected chi connectivity index (χ2v) is 5.17. The van der Waals surface area contributed by atoms with E-state index in [1.165, 1.54) is 13.2 Å². The first-order valence-electron chi connectivity index (χ1n) is 7.25. The summed E-state index contributed by atoms with van der Waals surface area (Å²) in [6.45, 7) is 0.0367. The predicted molar refractivity (Wildman–Crippen MR) is 92.2 cm³/mol. The molecule has 7 heteroatoms. The lowest BCUT2D eigenvalue weighted by molar-refractivity contribution is -0.138. The fourth-order valence-corrected chi connectivity index (χ4v) is 1.99. The number of hydrogen-bond acceptors (Lipinski definition) is 6. The Morgan fingerprint density at radius 1 is 1.32 bits per heavy atom. The summed E-state index contributed by atoms with van der Waals surface area (Å²) >= 11 is 5.69. The van der Waals surface area contributed by atoms with Crippen LogP contribution in [0, 0.1) is 11.3 Å². The minimum absolute atomic E-state index is 0.0720. The van der Waals surface area contributed by atoms with Crippen molar-refractivity contribution in [2.45, 2.75) is 6.61 Å². The molecule has 2 aromatic rings. The molecule has 0 atom stereocenters. The number of aromatic nitrogens is 1. The minimum atomic E-state index is -0.487. The second kappa shape index (κ2) is 9.30. The molecule has 6 nitrogen and oxygen atoms in total. The number of carbonyl (C=O) groups is 1. The first kappa shape index (κ1) is 18.3. The van der Waals surface area contributed by atoms with Crippen molar-refractivity contribution in [2.24, 2.45) is 0 Å². The highest BCUT2D eigenvalue weighted by molar-refractivity contribution is 6.29. The molecule has 0 unspecified atom stereocenters. The molecule has 1 aromatic heterocycles. The Kier molecular flexibility index (Phi) is 6.81. The smallest absolute Gasteiger partial charge is 0.331 e. The predicted octanol–water partition coefficient (Wildman–Crippen LogP) is 3.40. The normalized spacial score (nSPS) is 10.3. The largest absolute Gasteiger partial charge is 0.493 e. The standard InChI is InChI=1S/C18H15ClN2O4/c1-23-16-10-13(2-5-15(16)24-9-8-20)4-7-18(22)25-12-14-3-6-17(19)21-11-14/h2-7,10-11H,9,12H2,1H3/b7-4+. The van der Waals surface area contributed by atoms with Crippen LogP contribution in [0.4, 0.5) is 0 Å². The molecule has 0 radical (unpaired) electrons. The highest BCUT2D eigenvalue weighted by Gasteiger charge is 2.05. The molecular formula is C18H15ClN2O4. The molecule has 0 bridgehead atoms. The van der Waals surface area contributed by atoms with Crippen LogP contribution in [0.2, 0.25) is 5.15 Å². The third-order valence-corrected chi connectivity index (χ3v) is 3.29. The van der Waals surface area contributed by atoms with Crippen molar-refractivity contribution in [3.05, 3.63) is 58.9 Å². The molecule has 1 aromatic carbocycles. The highest BCUT2D eigenvalue weighted by atomic mass is 35.5. The van der Waals surface area contributed by atoms with Crippen LogP contribution < -0.4 is 9.47 Å². The topological polar surface area (TPSA) is 81.4 Å². The van der Waals surface area contributed by atoms with Crippen LogP contribution in [0.25, 0.3) is 6.08 Å². The maximum atomic E-state index is 11.8.